The maximum absolute atomic E-state index is 6.48. The molecule has 0 fully saturated rings. The van der Waals surface area contributed by atoms with Gasteiger partial charge in [-0.25, -0.2) is 4.98 Å². The van der Waals surface area contributed by atoms with Gasteiger partial charge < -0.3 is 8.83 Å². The van der Waals surface area contributed by atoms with Crippen LogP contribution in [0.15, 0.2) is 136 Å². The Labute approximate surface area is 218 Å². The Morgan fingerprint density at radius 3 is 1.55 bits per heavy atom. The van der Waals surface area contributed by atoms with Crippen LogP contribution in [0.3, 0.4) is 0 Å². The molecule has 8 rings (SSSR count). The van der Waals surface area contributed by atoms with E-state index in [9.17, 15) is 0 Å². The average Bonchev–Trinajstić information content (AvgIpc) is 3.56. The molecule has 0 amide bonds. The van der Waals surface area contributed by atoms with Gasteiger partial charge in [0.05, 0.1) is 11.4 Å². The lowest BCUT2D eigenvalue weighted by atomic mass is 9.99. The van der Waals surface area contributed by atoms with Crippen LogP contribution in [-0.4, -0.2) is 4.98 Å². The Balaban J connectivity index is 1.33. The monoisotopic (exact) mass is 487 g/mol. The summed E-state index contributed by atoms with van der Waals surface area (Å²) in [6.07, 6.45) is 0. The maximum Gasteiger partial charge on any atom is 0.178 e. The Hall–Kier alpha value is -5.15. The van der Waals surface area contributed by atoms with Crippen molar-refractivity contribution in [1.82, 2.24) is 4.98 Å². The van der Waals surface area contributed by atoms with Crippen molar-refractivity contribution in [3.63, 3.8) is 0 Å². The number of fused-ring (bicyclic) bond motifs is 7. The minimum absolute atomic E-state index is 0.788. The zero-order chi connectivity index (χ0) is 25.1. The lowest BCUT2D eigenvalue weighted by Crippen LogP contribution is -1.91. The van der Waals surface area contributed by atoms with Gasteiger partial charge in [0.15, 0.2) is 11.2 Å². The van der Waals surface area contributed by atoms with Crippen molar-refractivity contribution >= 4 is 43.9 Å². The summed E-state index contributed by atoms with van der Waals surface area (Å²) in [5.74, 6) is 0. The molecule has 3 aromatic heterocycles. The van der Waals surface area contributed by atoms with Gasteiger partial charge in [0.25, 0.3) is 0 Å². The van der Waals surface area contributed by atoms with Crippen molar-refractivity contribution < 1.29 is 8.83 Å². The smallest absolute Gasteiger partial charge is 0.178 e. The first kappa shape index (κ1) is 21.0. The summed E-state index contributed by atoms with van der Waals surface area (Å²) in [6.45, 7) is 0. The predicted octanol–water partition coefficient (Wildman–Crippen LogP) is 9.88. The number of hydrogen-bond acceptors (Lipinski definition) is 3. The van der Waals surface area contributed by atoms with Gasteiger partial charge in [0.1, 0.15) is 11.2 Å². The van der Waals surface area contributed by atoms with Crippen molar-refractivity contribution in [3.8, 4) is 33.6 Å². The number of furan rings is 2. The van der Waals surface area contributed by atoms with Crippen LogP contribution in [0.25, 0.3) is 77.5 Å². The first-order chi connectivity index (χ1) is 18.8. The molecule has 178 valence electrons. The zero-order valence-electron chi connectivity index (χ0n) is 20.4. The fraction of sp³-hybridized carbons (Fsp3) is 0. The van der Waals surface area contributed by atoms with Crippen molar-refractivity contribution in [2.45, 2.75) is 0 Å². The van der Waals surface area contributed by atoms with Crippen LogP contribution in [0.1, 0.15) is 0 Å². The van der Waals surface area contributed by atoms with Gasteiger partial charge in [0.2, 0.25) is 0 Å². The molecule has 3 nitrogen and oxygen atoms in total. The third-order valence-electron chi connectivity index (χ3n) is 7.28. The lowest BCUT2D eigenvalue weighted by Gasteiger charge is -2.10. The van der Waals surface area contributed by atoms with Crippen LogP contribution in [0.2, 0.25) is 0 Å². The van der Waals surface area contributed by atoms with Crippen LogP contribution in [-0.2, 0) is 0 Å². The molecule has 8 aromatic rings. The molecule has 0 unspecified atom stereocenters. The Kier molecular flexibility index (Phi) is 4.52. The molecule has 0 bridgehead atoms. The van der Waals surface area contributed by atoms with Crippen molar-refractivity contribution in [3.05, 3.63) is 127 Å². The fourth-order valence-electron chi connectivity index (χ4n) is 5.41. The second kappa shape index (κ2) is 8.19. The van der Waals surface area contributed by atoms with Crippen molar-refractivity contribution in [2.75, 3.05) is 0 Å². The number of benzene rings is 5. The van der Waals surface area contributed by atoms with Crippen LogP contribution in [0, 0.1) is 0 Å². The summed E-state index contributed by atoms with van der Waals surface area (Å²) in [6, 6.07) is 43.8. The molecule has 0 radical (unpaired) electrons. The van der Waals surface area contributed by atoms with Crippen LogP contribution >= 0.6 is 0 Å². The summed E-state index contributed by atoms with van der Waals surface area (Å²) in [7, 11) is 0. The number of aromatic nitrogens is 1. The molecule has 5 aromatic carbocycles. The highest BCUT2D eigenvalue weighted by Crippen LogP contribution is 2.40. The summed E-state index contributed by atoms with van der Waals surface area (Å²) in [5, 5.41) is 4.31. The number of hydrogen-bond donors (Lipinski definition) is 0. The highest BCUT2D eigenvalue weighted by Gasteiger charge is 2.17. The minimum Gasteiger partial charge on any atom is -0.452 e. The quantitative estimate of drug-likeness (QED) is 0.249. The van der Waals surface area contributed by atoms with E-state index in [0.29, 0.717) is 0 Å². The van der Waals surface area contributed by atoms with Crippen molar-refractivity contribution in [1.29, 1.82) is 0 Å². The summed E-state index contributed by atoms with van der Waals surface area (Å²) in [4.78, 5) is 5.02. The van der Waals surface area contributed by atoms with Gasteiger partial charge in [-0.1, -0.05) is 84.9 Å². The molecule has 0 N–H and O–H groups in total. The largest absolute Gasteiger partial charge is 0.452 e. The molecule has 0 atom stereocenters. The minimum atomic E-state index is 0.788. The number of para-hydroxylation sites is 1. The molecule has 0 aliphatic heterocycles. The molecule has 0 saturated heterocycles. The van der Waals surface area contributed by atoms with Crippen molar-refractivity contribution in [2.24, 2.45) is 0 Å². The van der Waals surface area contributed by atoms with E-state index in [1.165, 1.54) is 0 Å². The van der Waals surface area contributed by atoms with E-state index in [0.717, 1.165) is 77.5 Å². The zero-order valence-corrected chi connectivity index (χ0v) is 20.4. The van der Waals surface area contributed by atoms with E-state index in [-0.39, 0.29) is 0 Å². The van der Waals surface area contributed by atoms with Gasteiger partial charge >= 0.3 is 0 Å². The average molecular weight is 488 g/mol. The van der Waals surface area contributed by atoms with Gasteiger partial charge in [-0.05, 0) is 53.6 Å². The first-order valence-corrected chi connectivity index (χ1v) is 12.7. The third-order valence-corrected chi connectivity index (χ3v) is 7.28. The Bertz CT molecular complexity index is 2060. The number of rotatable bonds is 3. The number of pyridine rings is 1. The van der Waals surface area contributed by atoms with E-state index >= 15 is 0 Å². The van der Waals surface area contributed by atoms with Crippen LogP contribution < -0.4 is 0 Å². The molecule has 38 heavy (non-hydrogen) atoms. The number of nitrogens with zero attached hydrogens (tertiary/aromatic N) is 1. The highest BCUT2D eigenvalue weighted by atomic mass is 16.4. The Morgan fingerprint density at radius 2 is 0.895 bits per heavy atom. The van der Waals surface area contributed by atoms with E-state index in [2.05, 4.69) is 72.8 Å². The van der Waals surface area contributed by atoms with E-state index < -0.39 is 0 Å². The van der Waals surface area contributed by atoms with Crippen LogP contribution in [0.4, 0.5) is 0 Å². The molecular weight excluding hydrogens is 466 g/mol. The van der Waals surface area contributed by atoms with E-state index in [4.69, 9.17) is 13.8 Å². The third kappa shape index (κ3) is 3.26. The van der Waals surface area contributed by atoms with Gasteiger partial charge in [-0.3, -0.25) is 0 Å². The predicted molar refractivity (Wildman–Crippen MR) is 155 cm³/mol. The molecule has 3 heteroatoms. The van der Waals surface area contributed by atoms with Gasteiger partial charge in [0, 0.05) is 32.7 Å². The first-order valence-electron chi connectivity index (χ1n) is 12.7. The van der Waals surface area contributed by atoms with Gasteiger partial charge in [-0.2, -0.15) is 0 Å². The highest BCUT2D eigenvalue weighted by molar-refractivity contribution is 6.19. The summed E-state index contributed by atoms with van der Waals surface area (Å²) < 4.78 is 12.7. The second-order valence-corrected chi connectivity index (χ2v) is 9.59. The van der Waals surface area contributed by atoms with Crippen LogP contribution in [0.5, 0.6) is 0 Å². The fourth-order valence-corrected chi connectivity index (χ4v) is 5.41. The lowest BCUT2D eigenvalue weighted by molar-refractivity contribution is 0.633. The normalized spacial score (nSPS) is 11.7. The molecule has 0 spiro atoms. The summed E-state index contributed by atoms with van der Waals surface area (Å²) >= 11 is 0. The summed E-state index contributed by atoms with van der Waals surface area (Å²) in [5.41, 5.74) is 9.51. The Morgan fingerprint density at radius 1 is 0.368 bits per heavy atom. The topological polar surface area (TPSA) is 39.2 Å². The molecule has 3 heterocycles. The van der Waals surface area contributed by atoms with E-state index in [1.807, 2.05) is 54.6 Å². The van der Waals surface area contributed by atoms with Gasteiger partial charge in [-0.15, -0.1) is 0 Å². The SMILES string of the molecule is c1ccc(-c2cc(-c3ccc4c(c3)oc3c4ccc4c5ccccc5oc43)cc(-c3ccccc3)n2)cc1. The molecule has 0 aliphatic rings. The second-order valence-electron chi connectivity index (χ2n) is 9.59. The molecule has 0 saturated carbocycles. The molecular formula is C35H21NO2. The molecule has 0 aliphatic carbocycles. The standard InChI is InChI=1S/C35H21NO2/c1-3-9-22(10-4-1)30-19-25(20-31(36-30)23-11-5-2-6-12-23)24-15-16-27-29-18-17-28-26-13-7-8-14-32(26)37-34(28)35(29)38-33(27)21-24/h1-21H. The van der Waals surface area contributed by atoms with E-state index in [1.54, 1.807) is 0 Å². The maximum atomic E-state index is 6.48.